The van der Waals surface area contributed by atoms with Crippen molar-refractivity contribution in [3.63, 3.8) is 0 Å². The normalized spacial score (nSPS) is 23.9. The van der Waals surface area contributed by atoms with Gasteiger partial charge in [-0.3, -0.25) is 0 Å². The maximum atomic E-state index is 12.9. The molecule has 31 heavy (non-hydrogen) atoms. The molecule has 0 unspecified atom stereocenters. The molecule has 0 radical (unpaired) electrons. The topological polar surface area (TPSA) is 57.5 Å². The van der Waals surface area contributed by atoms with E-state index in [1.807, 2.05) is 6.07 Å². The summed E-state index contributed by atoms with van der Waals surface area (Å²) in [5, 5.41) is 19.4. The number of carboxylic acid groups (broad SMARTS) is 1. The lowest BCUT2D eigenvalue weighted by Crippen LogP contribution is -2.21. The van der Waals surface area contributed by atoms with Gasteiger partial charge in [0.2, 0.25) is 0 Å². The smallest absolute Gasteiger partial charge is 0.416 e. The van der Waals surface area contributed by atoms with Gasteiger partial charge in [0.15, 0.2) is 0 Å². The van der Waals surface area contributed by atoms with E-state index in [-0.39, 0.29) is 17.2 Å². The van der Waals surface area contributed by atoms with Gasteiger partial charge in [-0.1, -0.05) is 18.2 Å². The van der Waals surface area contributed by atoms with Gasteiger partial charge in [-0.25, -0.2) is 4.79 Å². The van der Waals surface area contributed by atoms with Crippen LogP contribution >= 0.6 is 22.9 Å². The van der Waals surface area contributed by atoms with Crippen LogP contribution in [0.2, 0.25) is 0 Å². The van der Waals surface area contributed by atoms with E-state index < -0.39 is 23.8 Å². The fourth-order valence-corrected chi connectivity index (χ4v) is 5.90. The van der Waals surface area contributed by atoms with Gasteiger partial charge in [0.05, 0.1) is 11.7 Å². The Morgan fingerprint density at radius 2 is 1.81 bits per heavy atom. The first-order valence-corrected chi connectivity index (χ1v) is 11.7. The van der Waals surface area contributed by atoms with Gasteiger partial charge in [-0.05, 0) is 80.5 Å². The van der Waals surface area contributed by atoms with Crippen molar-refractivity contribution in [2.75, 3.05) is 0 Å². The van der Waals surface area contributed by atoms with Crippen LogP contribution in [0.1, 0.15) is 57.8 Å². The number of aliphatic hydroxyl groups excluding tert-OH is 1. The van der Waals surface area contributed by atoms with Crippen molar-refractivity contribution in [1.29, 1.82) is 0 Å². The summed E-state index contributed by atoms with van der Waals surface area (Å²) in [6, 6.07) is 8.85. The maximum absolute atomic E-state index is 12.9. The van der Waals surface area contributed by atoms with Crippen molar-refractivity contribution in [3.05, 3.63) is 57.3 Å². The predicted octanol–water partition coefficient (Wildman–Crippen LogP) is 6.42. The Balaban J connectivity index is 1.51. The molecule has 0 bridgehead atoms. The molecule has 0 saturated heterocycles. The molecule has 0 aliphatic heterocycles. The van der Waals surface area contributed by atoms with E-state index in [4.69, 9.17) is 16.7 Å². The molecule has 2 aromatic rings. The summed E-state index contributed by atoms with van der Waals surface area (Å²) < 4.78 is 38.7. The van der Waals surface area contributed by atoms with Gasteiger partial charge in [0.25, 0.3) is 0 Å². The summed E-state index contributed by atoms with van der Waals surface area (Å²) in [5.74, 6) is -0.736. The Morgan fingerprint density at radius 3 is 2.48 bits per heavy atom. The second-order valence-corrected chi connectivity index (χ2v) is 9.93. The Labute approximate surface area is 188 Å². The van der Waals surface area contributed by atoms with E-state index in [0.29, 0.717) is 36.1 Å². The minimum absolute atomic E-state index is 0.0335. The van der Waals surface area contributed by atoms with Crippen LogP contribution in [0.15, 0.2) is 36.4 Å². The Bertz CT molecular complexity index is 883. The number of hydrogen-bond donors (Lipinski definition) is 2. The quantitative estimate of drug-likeness (QED) is 0.412. The van der Waals surface area contributed by atoms with Crippen molar-refractivity contribution < 1.29 is 28.2 Å². The van der Waals surface area contributed by atoms with Crippen molar-refractivity contribution >= 4 is 28.9 Å². The number of thiophene rings is 1. The van der Waals surface area contributed by atoms with Gasteiger partial charge in [0.1, 0.15) is 4.88 Å². The number of halogens is 4. The molecule has 1 aliphatic carbocycles. The highest BCUT2D eigenvalue weighted by Gasteiger charge is 2.40. The zero-order chi connectivity index (χ0) is 22.6. The average Bonchev–Trinajstić information content (AvgIpc) is 3.27. The summed E-state index contributed by atoms with van der Waals surface area (Å²) in [7, 11) is 0. The lowest BCUT2D eigenvalue weighted by molar-refractivity contribution is -0.137. The minimum atomic E-state index is -4.34. The number of aromatic carboxylic acids is 1. The first kappa shape index (κ1) is 24.1. The molecule has 1 aromatic carbocycles. The summed E-state index contributed by atoms with van der Waals surface area (Å²) in [6.07, 6.45) is 0.0817. The van der Waals surface area contributed by atoms with E-state index >= 15 is 0 Å². The second-order valence-electron chi connectivity index (χ2n) is 8.20. The molecule has 170 valence electrons. The van der Waals surface area contributed by atoms with E-state index in [9.17, 15) is 23.1 Å². The van der Waals surface area contributed by atoms with Gasteiger partial charge >= 0.3 is 12.1 Å². The minimum Gasteiger partial charge on any atom is -0.477 e. The third-order valence-electron chi connectivity index (χ3n) is 6.07. The van der Waals surface area contributed by atoms with E-state index in [1.54, 1.807) is 12.1 Å². The highest BCUT2D eigenvalue weighted by Crippen LogP contribution is 2.42. The SMILES string of the molecule is O=C(O)c1ccc(CCC[C@@H]2[C@@H](CCCc3cccc(C(F)(F)F)c3)[C@H](O)C[C@@H]2Cl)s1. The number of benzene rings is 1. The molecule has 0 spiro atoms. The molecule has 2 N–H and O–H groups in total. The number of alkyl halides is 4. The zero-order valence-electron chi connectivity index (χ0n) is 16.9. The molecular weight excluding hydrogens is 449 g/mol. The third-order valence-corrected chi connectivity index (χ3v) is 7.70. The number of aryl methyl sites for hydroxylation is 2. The van der Waals surface area contributed by atoms with Crippen LogP contribution in [-0.2, 0) is 19.0 Å². The first-order valence-electron chi connectivity index (χ1n) is 10.5. The van der Waals surface area contributed by atoms with Crippen molar-refractivity contribution in [1.82, 2.24) is 0 Å². The standard InChI is InChI=1S/C23H26ClF3O3S/c24-19-13-20(28)18(9-2-5-14-4-1-6-15(12-14)23(25,26)27)17(19)8-3-7-16-10-11-21(31-16)22(29)30/h1,4,6,10-12,17-20,28H,2-3,5,7-9,13H2,(H,29,30)/t17-,18-,19+,20-/m1/s1. The first-order chi connectivity index (χ1) is 14.6. The van der Waals surface area contributed by atoms with Crippen LogP contribution in [-0.4, -0.2) is 27.7 Å². The van der Waals surface area contributed by atoms with E-state index in [0.717, 1.165) is 30.2 Å². The monoisotopic (exact) mass is 474 g/mol. The summed E-state index contributed by atoms with van der Waals surface area (Å²) in [4.78, 5) is 12.3. The van der Waals surface area contributed by atoms with Gasteiger partial charge in [-0.15, -0.1) is 22.9 Å². The van der Waals surface area contributed by atoms with Gasteiger partial charge in [-0.2, -0.15) is 13.2 Å². The van der Waals surface area contributed by atoms with Crippen LogP contribution < -0.4 is 0 Å². The molecule has 1 aromatic heterocycles. The average molecular weight is 475 g/mol. The fourth-order valence-electron chi connectivity index (χ4n) is 4.52. The fraction of sp³-hybridized carbons (Fsp3) is 0.522. The number of carbonyl (C=O) groups is 1. The molecule has 0 amide bonds. The van der Waals surface area contributed by atoms with Crippen LogP contribution in [0, 0.1) is 11.8 Å². The van der Waals surface area contributed by atoms with Crippen LogP contribution in [0.25, 0.3) is 0 Å². The summed E-state index contributed by atoms with van der Waals surface area (Å²) >= 11 is 7.78. The molecule has 3 nitrogen and oxygen atoms in total. The van der Waals surface area contributed by atoms with Crippen molar-refractivity contribution in [2.24, 2.45) is 11.8 Å². The number of rotatable bonds is 9. The molecule has 1 aliphatic rings. The number of carboxylic acids is 1. The predicted molar refractivity (Wildman–Crippen MR) is 116 cm³/mol. The van der Waals surface area contributed by atoms with Crippen LogP contribution in [0.5, 0.6) is 0 Å². The lowest BCUT2D eigenvalue weighted by atomic mass is 9.85. The maximum Gasteiger partial charge on any atom is 0.416 e. The third kappa shape index (κ3) is 6.46. The molecule has 4 atom stereocenters. The molecule has 1 heterocycles. The largest absolute Gasteiger partial charge is 0.477 e. The van der Waals surface area contributed by atoms with Crippen LogP contribution in [0.4, 0.5) is 13.2 Å². The zero-order valence-corrected chi connectivity index (χ0v) is 18.5. The second kappa shape index (κ2) is 10.4. The molecule has 1 fully saturated rings. The van der Waals surface area contributed by atoms with E-state index in [2.05, 4.69) is 0 Å². The van der Waals surface area contributed by atoms with Crippen molar-refractivity contribution in [3.8, 4) is 0 Å². The van der Waals surface area contributed by atoms with Gasteiger partial charge in [0, 0.05) is 10.3 Å². The highest BCUT2D eigenvalue weighted by molar-refractivity contribution is 7.13. The lowest BCUT2D eigenvalue weighted by Gasteiger charge is -2.23. The van der Waals surface area contributed by atoms with Crippen molar-refractivity contribution in [2.45, 2.75) is 62.6 Å². The molecule has 3 rings (SSSR count). The summed E-state index contributed by atoms with van der Waals surface area (Å²) in [5.41, 5.74) is 0.0115. The molecule has 1 saturated carbocycles. The Kier molecular flexibility index (Phi) is 8.05. The highest BCUT2D eigenvalue weighted by atomic mass is 35.5. The number of aliphatic hydroxyl groups is 1. The van der Waals surface area contributed by atoms with Gasteiger partial charge < -0.3 is 10.2 Å². The number of hydrogen-bond acceptors (Lipinski definition) is 3. The molecule has 8 heteroatoms. The summed E-state index contributed by atoms with van der Waals surface area (Å²) in [6.45, 7) is 0. The Morgan fingerprint density at radius 1 is 1.10 bits per heavy atom. The molecular formula is C23H26ClF3O3S. The van der Waals surface area contributed by atoms with Crippen LogP contribution in [0.3, 0.4) is 0 Å². The van der Waals surface area contributed by atoms with E-state index in [1.165, 1.54) is 23.5 Å². The Hall–Kier alpha value is -1.57.